The van der Waals surface area contributed by atoms with Crippen LogP contribution in [0.25, 0.3) is 0 Å². The Bertz CT molecular complexity index is 1160. The fourth-order valence-corrected chi connectivity index (χ4v) is 6.10. The minimum Gasteiger partial charge on any atom is -0.497 e. The summed E-state index contributed by atoms with van der Waals surface area (Å²) in [6, 6.07) is 10.6. The highest BCUT2D eigenvalue weighted by molar-refractivity contribution is 7.94. The van der Waals surface area contributed by atoms with Crippen LogP contribution in [-0.2, 0) is 31.4 Å². The standard InChI is InChI=1S/C19H22N2O7S2/c1-13-12-29(23,24)21(19(13)22)15-6-9-17(28-3)18(10-15)30(25,26)20-11-14-4-7-16(27-2)8-5-14/h4-10,13,20H,11-12H2,1-3H3/t13-/m1/s1. The van der Waals surface area contributed by atoms with Crippen LogP contribution in [0.5, 0.6) is 11.5 Å². The first-order chi connectivity index (χ1) is 14.1. The zero-order valence-electron chi connectivity index (χ0n) is 16.7. The Kier molecular flexibility index (Phi) is 6.06. The largest absolute Gasteiger partial charge is 0.497 e. The van der Waals surface area contributed by atoms with Crippen LogP contribution in [0.15, 0.2) is 47.4 Å². The maximum Gasteiger partial charge on any atom is 0.244 e. The van der Waals surface area contributed by atoms with Crippen LogP contribution in [0.4, 0.5) is 5.69 Å². The molecular weight excluding hydrogens is 432 g/mol. The smallest absolute Gasteiger partial charge is 0.244 e. The van der Waals surface area contributed by atoms with E-state index in [2.05, 4.69) is 4.72 Å². The van der Waals surface area contributed by atoms with E-state index in [1.807, 2.05) is 0 Å². The molecule has 1 aliphatic heterocycles. The van der Waals surface area contributed by atoms with Crippen molar-refractivity contribution in [2.45, 2.75) is 18.4 Å². The molecular formula is C19H22N2O7S2. The Labute approximate surface area is 175 Å². The number of methoxy groups -OCH3 is 2. The molecule has 2 aromatic rings. The van der Waals surface area contributed by atoms with E-state index in [1.54, 1.807) is 24.3 Å². The Balaban J connectivity index is 1.93. The summed E-state index contributed by atoms with van der Waals surface area (Å²) in [7, 11) is -5.11. The summed E-state index contributed by atoms with van der Waals surface area (Å²) >= 11 is 0. The van der Waals surface area contributed by atoms with E-state index in [1.165, 1.54) is 33.3 Å². The molecule has 0 aromatic heterocycles. The molecule has 1 N–H and O–H groups in total. The summed E-state index contributed by atoms with van der Waals surface area (Å²) in [5.74, 6) is -0.963. The highest BCUT2D eigenvalue weighted by Gasteiger charge is 2.42. The molecule has 3 rings (SSSR count). The number of benzene rings is 2. The summed E-state index contributed by atoms with van der Waals surface area (Å²) in [4.78, 5) is 12.1. The molecule has 162 valence electrons. The minimum absolute atomic E-state index is 0.00229. The molecule has 0 saturated carbocycles. The van der Waals surface area contributed by atoms with Crippen LogP contribution in [0.2, 0.25) is 0 Å². The number of rotatable bonds is 7. The lowest BCUT2D eigenvalue weighted by Crippen LogP contribution is -2.31. The molecule has 9 nitrogen and oxygen atoms in total. The van der Waals surface area contributed by atoms with Crippen molar-refractivity contribution >= 4 is 31.6 Å². The van der Waals surface area contributed by atoms with E-state index >= 15 is 0 Å². The van der Waals surface area contributed by atoms with Gasteiger partial charge in [0.2, 0.25) is 26.0 Å². The fraction of sp³-hybridized carbons (Fsp3) is 0.316. The SMILES string of the molecule is COc1ccc(CNS(=O)(=O)c2cc(N3C(=O)[C@H](C)CS3(=O)=O)ccc2OC)cc1. The van der Waals surface area contributed by atoms with E-state index in [0.717, 1.165) is 6.07 Å². The van der Waals surface area contributed by atoms with Gasteiger partial charge in [-0.15, -0.1) is 0 Å². The lowest BCUT2D eigenvalue weighted by atomic mass is 10.2. The number of hydrogen-bond acceptors (Lipinski definition) is 7. The molecule has 1 saturated heterocycles. The van der Waals surface area contributed by atoms with Crippen LogP contribution in [-0.4, -0.2) is 42.7 Å². The average Bonchev–Trinajstić information content (AvgIpc) is 2.93. The summed E-state index contributed by atoms with van der Waals surface area (Å²) in [6.45, 7) is 1.51. The van der Waals surface area contributed by atoms with E-state index in [-0.39, 0.29) is 28.6 Å². The lowest BCUT2D eigenvalue weighted by Gasteiger charge is -2.18. The van der Waals surface area contributed by atoms with Gasteiger partial charge in [0, 0.05) is 6.54 Å². The second-order valence-corrected chi connectivity index (χ2v) is 10.4. The van der Waals surface area contributed by atoms with Gasteiger partial charge in [-0.2, -0.15) is 0 Å². The molecule has 2 aromatic carbocycles. The molecule has 30 heavy (non-hydrogen) atoms. The lowest BCUT2D eigenvalue weighted by molar-refractivity contribution is -0.119. The van der Waals surface area contributed by atoms with Gasteiger partial charge in [-0.3, -0.25) is 4.79 Å². The molecule has 11 heteroatoms. The molecule has 0 unspecified atom stereocenters. The Morgan fingerprint density at radius 2 is 1.77 bits per heavy atom. The van der Waals surface area contributed by atoms with Crippen molar-refractivity contribution in [3.8, 4) is 11.5 Å². The fourth-order valence-electron chi connectivity index (χ4n) is 3.09. The predicted octanol–water partition coefficient (Wildman–Crippen LogP) is 1.49. The number of nitrogens with zero attached hydrogens (tertiary/aromatic N) is 1. The number of amides is 1. The van der Waals surface area contributed by atoms with Crippen molar-refractivity contribution in [3.05, 3.63) is 48.0 Å². The van der Waals surface area contributed by atoms with Crippen molar-refractivity contribution in [2.24, 2.45) is 5.92 Å². The van der Waals surface area contributed by atoms with Crippen molar-refractivity contribution in [1.29, 1.82) is 0 Å². The van der Waals surface area contributed by atoms with Crippen LogP contribution in [0.1, 0.15) is 12.5 Å². The highest BCUT2D eigenvalue weighted by Crippen LogP contribution is 2.33. The normalized spacial score (nSPS) is 18.4. The van der Waals surface area contributed by atoms with Gasteiger partial charge >= 0.3 is 0 Å². The summed E-state index contributed by atoms with van der Waals surface area (Å²) in [5.41, 5.74) is 0.649. The van der Waals surface area contributed by atoms with E-state index < -0.39 is 31.9 Å². The third kappa shape index (κ3) is 4.27. The van der Waals surface area contributed by atoms with Crippen LogP contribution in [0.3, 0.4) is 0 Å². The number of ether oxygens (including phenoxy) is 2. The Morgan fingerprint density at radius 1 is 1.10 bits per heavy atom. The third-order valence-electron chi connectivity index (χ3n) is 4.66. The summed E-state index contributed by atoms with van der Waals surface area (Å²) in [6.07, 6.45) is 0. The van der Waals surface area contributed by atoms with Gasteiger partial charge in [0.25, 0.3) is 0 Å². The highest BCUT2D eigenvalue weighted by atomic mass is 32.2. The number of hydrogen-bond donors (Lipinski definition) is 1. The first-order valence-corrected chi connectivity index (χ1v) is 12.1. The number of anilines is 1. The molecule has 0 spiro atoms. The number of carbonyl (C=O) groups is 1. The van der Waals surface area contributed by atoms with Crippen LogP contribution >= 0.6 is 0 Å². The molecule has 0 radical (unpaired) electrons. The third-order valence-corrected chi connectivity index (χ3v) is 7.95. The first-order valence-electron chi connectivity index (χ1n) is 8.96. The van der Waals surface area contributed by atoms with Gasteiger partial charge in [0.15, 0.2) is 0 Å². The molecule has 1 amide bonds. The van der Waals surface area contributed by atoms with Gasteiger partial charge in [-0.25, -0.2) is 25.9 Å². The number of carbonyl (C=O) groups excluding carboxylic acids is 1. The van der Waals surface area contributed by atoms with Crippen molar-refractivity contribution < 1.29 is 31.1 Å². The second-order valence-electron chi connectivity index (χ2n) is 6.79. The minimum atomic E-state index is -4.08. The number of sulfonamides is 2. The topological polar surface area (TPSA) is 119 Å². The summed E-state index contributed by atoms with van der Waals surface area (Å²) in [5, 5.41) is 0. The molecule has 1 heterocycles. The molecule has 1 aliphatic rings. The molecule has 0 aliphatic carbocycles. The van der Waals surface area contributed by atoms with Crippen molar-refractivity contribution in [2.75, 3.05) is 24.3 Å². The van der Waals surface area contributed by atoms with Gasteiger partial charge in [-0.1, -0.05) is 19.1 Å². The Hall–Kier alpha value is -2.63. The predicted molar refractivity (Wildman–Crippen MR) is 110 cm³/mol. The van der Waals surface area contributed by atoms with Gasteiger partial charge in [-0.05, 0) is 35.9 Å². The average molecular weight is 455 g/mol. The maximum atomic E-state index is 12.9. The molecule has 1 fully saturated rings. The van der Waals surface area contributed by atoms with Crippen molar-refractivity contribution in [3.63, 3.8) is 0 Å². The zero-order valence-corrected chi connectivity index (χ0v) is 18.3. The maximum absolute atomic E-state index is 12.9. The quantitative estimate of drug-likeness (QED) is 0.673. The Morgan fingerprint density at radius 3 is 2.30 bits per heavy atom. The van der Waals surface area contributed by atoms with Gasteiger partial charge in [0.05, 0.1) is 31.6 Å². The van der Waals surface area contributed by atoms with Gasteiger partial charge < -0.3 is 9.47 Å². The first kappa shape index (κ1) is 22.1. The van der Waals surface area contributed by atoms with Crippen LogP contribution in [0, 0.1) is 5.92 Å². The second kappa shape index (κ2) is 8.25. The molecule has 0 bridgehead atoms. The van der Waals surface area contributed by atoms with Crippen molar-refractivity contribution in [1.82, 2.24) is 4.72 Å². The molecule has 1 atom stereocenters. The monoisotopic (exact) mass is 454 g/mol. The van der Waals surface area contributed by atoms with E-state index in [9.17, 15) is 21.6 Å². The summed E-state index contributed by atoms with van der Waals surface area (Å²) < 4.78 is 63.9. The van der Waals surface area contributed by atoms with E-state index in [0.29, 0.717) is 15.6 Å². The zero-order chi connectivity index (χ0) is 22.1. The van der Waals surface area contributed by atoms with Crippen LogP contribution < -0.4 is 18.5 Å². The van der Waals surface area contributed by atoms with Gasteiger partial charge in [0.1, 0.15) is 16.4 Å². The number of nitrogens with one attached hydrogen (secondary N) is 1. The van der Waals surface area contributed by atoms with E-state index in [4.69, 9.17) is 9.47 Å².